The minimum absolute atomic E-state index is 0.443. The first-order chi connectivity index (χ1) is 7.24. The zero-order valence-corrected chi connectivity index (χ0v) is 9.91. The average Bonchev–Trinajstić information content (AvgIpc) is 2.60. The van der Waals surface area contributed by atoms with Crippen LogP contribution in [0.2, 0.25) is 0 Å². The molecule has 0 aliphatic rings. The van der Waals surface area contributed by atoms with Crippen LogP contribution < -0.4 is 5.73 Å². The number of nitrogens with zero attached hydrogens (tertiary/aromatic N) is 1. The molecule has 0 bridgehead atoms. The molecule has 15 heavy (non-hydrogen) atoms. The van der Waals surface area contributed by atoms with Gasteiger partial charge in [0.2, 0.25) is 0 Å². The van der Waals surface area contributed by atoms with Crippen molar-refractivity contribution in [3.63, 3.8) is 0 Å². The molecule has 0 fully saturated rings. The Morgan fingerprint density at radius 1 is 1.40 bits per heavy atom. The van der Waals surface area contributed by atoms with Crippen LogP contribution in [-0.4, -0.2) is 5.16 Å². The van der Waals surface area contributed by atoms with Crippen molar-refractivity contribution in [1.29, 1.82) is 0 Å². The summed E-state index contributed by atoms with van der Waals surface area (Å²) in [6, 6.07) is 7.89. The van der Waals surface area contributed by atoms with Crippen molar-refractivity contribution >= 4 is 21.7 Å². The van der Waals surface area contributed by atoms with E-state index in [1.54, 1.807) is 0 Å². The largest absolute Gasteiger partial charge is 0.380 e. The first-order valence-corrected chi connectivity index (χ1v) is 5.52. The number of nitrogens with two attached hydrogens (primary N) is 1. The van der Waals surface area contributed by atoms with E-state index in [1.807, 2.05) is 31.2 Å². The highest BCUT2D eigenvalue weighted by Gasteiger charge is 2.15. The average molecular weight is 267 g/mol. The predicted molar refractivity (Wildman–Crippen MR) is 63.4 cm³/mol. The summed E-state index contributed by atoms with van der Waals surface area (Å²) in [5.74, 6) is 1.26. The van der Waals surface area contributed by atoms with Crippen molar-refractivity contribution in [2.75, 3.05) is 5.73 Å². The van der Waals surface area contributed by atoms with E-state index in [4.69, 9.17) is 10.3 Å². The second-order valence-corrected chi connectivity index (χ2v) is 4.05. The molecular formula is C11H11BrN2O. The van der Waals surface area contributed by atoms with Crippen LogP contribution in [0, 0.1) is 0 Å². The summed E-state index contributed by atoms with van der Waals surface area (Å²) in [4.78, 5) is 0. The van der Waals surface area contributed by atoms with Gasteiger partial charge in [0.1, 0.15) is 5.76 Å². The van der Waals surface area contributed by atoms with Crippen LogP contribution in [0.1, 0.15) is 12.7 Å². The Labute approximate surface area is 96.4 Å². The van der Waals surface area contributed by atoms with Crippen molar-refractivity contribution in [2.24, 2.45) is 0 Å². The third-order valence-corrected chi connectivity index (χ3v) is 2.94. The monoisotopic (exact) mass is 266 g/mol. The van der Waals surface area contributed by atoms with Gasteiger partial charge in [-0.15, -0.1) is 0 Å². The number of hydrogen-bond acceptors (Lipinski definition) is 3. The van der Waals surface area contributed by atoms with E-state index in [9.17, 15) is 0 Å². The third-order valence-electron chi connectivity index (χ3n) is 2.25. The molecule has 2 rings (SSSR count). The van der Waals surface area contributed by atoms with Gasteiger partial charge in [-0.25, -0.2) is 0 Å². The molecule has 2 aromatic rings. The Hall–Kier alpha value is -1.29. The summed E-state index contributed by atoms with van der Waals surface area (Å²) in [5, 5.41) is 3.79. The van der Waals surface area contributed by atoms with Gasteiger partial charge in [0.15, 0.2) is 5.82 Å². The molecule has 0 aliphatic carbocycles. The first-order valence-electron chi connectivity index (χ1n) is 4.73. The van der Waals surface area contributed by atoms with Crippen LogP contribution in [0.25, 0.3) is 11.1 Å². The van der Waals surface area contributed by atoms with Crippen molar-refractivity contribution in [3.8, 4) is 11.1 Å². The second-order valence-electron chi connectivity index (χ2n) is 3.20. The minimum atomic E-state index is 0.443. The fourth-order valence-corrected chi connectivity index (χ4v) is 2.01. The number of halogens is 1. The Bertz CT molecular complexity index is 479. The lowest BCUT2D eigenvalue weighted by Gasteiger charge is -2.03. The summed E-state index contributed by atoms with van der Waals surface area (Å²) in [5.41, 5.74) is 7.71. The fourth-order valence-electron chi connectivity index (χ4n) is 1.53. The van der Waals surface area contributed by atoms with E-state index in [0.717, 1.165) is 27.8 Å². The molecule has 0 radical (unpaired) electrons. The van der Waals surface area contributed by atoms with Crippen LogP contribution in [0.15, 0.2) is 33.3 Å². The van der Waals surface area contributed by atoms with Crippen molar-refractivity contribution in [1.82, 2.24) is 5.16 Å². The van der Waals surface area contributed by atoms with Crippen LogP contribution >= 0.6 is 15.9 Å². The Balaban J connectivity index is 2.63. The molecule has 0 saturated heterocycles. The van der Waals surface area contributed by atoms with Gasteiger partial charge in [-0.2, -0.15) is 0 Å². The topological polar surface area (TPSA) is 52.0 Å². The lowest BCUT2D eigenvalue weighted by molar-refractivity contribution is 0.390. The summed E-state index contributed by atoms with van der Waals surface area (Å²) in [6.45, 7) is 2.01. The van der Waals surface area contributed by atoms with Crippen LogP contribution in [0.5, 0.6) is 0 Å². The van der Waals surface area contributed by atoms with E-state index in [2.05, 4.69) is 21.1 Å². The Kier molecular flexibility index (Phi) is 2.77. The molecule has 1 heterocycles. The van der Waals surface area contributed by atoms with Crippen LogP contribution in [0.4, 0.5) is 5.82 Å². The fraction of sp³-hybridized carbons (Fsp3) is 0.182. The zero-order chi connectivity index (χ0) is 10.8. The van der Waals surface area contributed by atoms with Gasteiger partial charge in [0.05, 0.1) is 5.56 Å². The summed E-state index contributed by atoms with van der Waals surface area (Å²) >= 11 is 3.49. The molecule has 4 heteroatoms. The quantitative estimate of drug-likeness (QED) is 0.908. The number of nitrogen functional groups attached to an aromatic ring is 1. The molecule has 0 unspecified atom stereocenters. The van der Waals surface area contributed by atoms with Crippen molar-refractivity contribution in [2.45, 2.75) is 13.3 Å². The number of anilines is 1. The van der Waals surface area contributed by atoms with Gasteiger partial charge < -0.3 is 10.3 Å². The lowest BCUT2D eigenvalue weighted by atomic mass is 10.1. The van der Waals surface area contributed by atoms with Crippen LogP contribution in [0.3, 0.4) is 0 Å². The maximum absolute atomic E-state index is 5.79. The number of aromatic nitrogens is 1. The molecule has 78 valence electrons. The van der Waals surface area contributed by atoms with Crippen LogP contribution in [-0.2, 0) is 6.42 Å². The normalized spacial score (nSPS) is 10.5. The SMILES string of the molecule is CCc1onc(N)c1-c1ccccc1Br. The third kappa shape index (κ3) is 1.77. The molecule has 2 N–H and O–H groups in total. The number of rotatable bonds is 2. The molecule has 0 aliphatic heterocycles. The van der Waals surface area contributed by atoms with Gasteiger partial charge in [-0.3, -0.25) is 0 Å². The molecule has 0 atom stereocenters. The van der Waals surface area contributed by atoms with Gasteiger partial charge in [0, 0.05) is 16.5 Å². The summed E-state index contributed by atoms with van der Waals surface area (Å²) in [6.07, 6.45) is 0.779. The highest BCUT2D eigenvalue weighted by atomic mass is 79.9. The molecule has 0 spiro atoms. The van der Waals surface area contributed by atoms with E-state index in [1.165, 1.54) is 0 Å². The summed E-state index contributed by atoms with van der Waals surface area (Å²) < 4.78 is 6.15. The highest BCUT2D eigenvalue weighted by molar-refractivity contribution is 9.10. The second kappa shape index (κ2) is 4.06. The van der Waals surface area contributed by atoms with Gasteiger partial charge in [-0.1, -0.05) is 46.2 Å². The summed E-state index contributed by atoms with van der Waals surface area (Å²) in [7, 11) is 0. The molecule has 3 nitrogen and oxygen atoms in total. The molecule has 0 saturated carbocycles. The molecular weight excluding hydrogens is 256 g/mol. The maximum atomic E-state index is 5.79. The standard InChI is InChI=1S/C11H11BrN2O/c1-2-9-10(11(13)14-15-9)7-5-3-4-6-8(7)12/h3-6H,2H2,1H3,(H2,13,14). The smallest absolute Gasteiger partial charge is 0.175 e. The highest BCUT2D eigenvalue weighted by Crippen LogP contribution is 2.34. The molecule has 0 amide bonds. The van der Waals surface area contributed by atoms with E-state index < -0.39 is 0 Å². The molecule has 1 aromatic carbocycles. The van der Waals surface area contributed by atoms with Gasteiger partial charge >= 0.3 is 0 Å². The zero-order valence-electron chi connectivity index (χ0n) is 8.33. The Morgan fingerprint density at radius 2 is 2.13 bits per heavy atom. The lowest BCUT2D eigenvalue weighted by Crippen LogP contribution is -1.90. The van der Waals surface area contributed by atoms with Gasteiger partial charge in [0.25, 0.3) is 0 Å². The number of benzene rings is 1. The minimum Gasteiger partial charge on any atom is -0.380 e. The maximum Gasteiger partial charge on any atom is 0.175 e. The van der Waals surface area contributed by atoms with E-state index in [0.29, 0.717) is 5.82 Å². The van der Waals surface area contributed by atoms with E-state index in [-0.39, 0.29) is 0 Å². The number of hydrogen-bond donors (Lipinski definition) is 1. The van der Waals surface area contributed by atoms with Crippen molar-refractivity contribution < 1.29 is 4.52 Å². The van der Waals surface area contributed by atoms with Crippen molar-refractivity contribution in [3.05, 3.63) is 34.5 Å². The first kappa shape index (κ1) is 10.2. The van der Waals surface area contributed by atoms with Gasteiger partial charge in [-0.05, 0) is 6.07 Å². The number of aryl methyl sites for hydroxylation is 1. The van der Waals surface area contributed by atoms with E-state index >= 15 is 0 Å². The predicted octanol–water partition coefficient (Wildman–Crippen LogP) is 3.25. The molecule has 1 aromatic heterocycles. The Morgan fingerprint density at radius 3 is 2.80 bits per heavy atom.